The number of urea groups is 1. The molecule has 5 heteroatoms. The number of imide groups is 1. The quantitative estimate of drug-likeness (QED) is 0.650. The van der Waals surface area contributed by atoms with E-state index < -0.39 is 11.6 Å². The molecule has 1 heterocycles. The van der Waals surface area contributed by atoms with Crippen LogP contribution in [0.4, 0.5) is 4.79 Å². The number of hydrogen-bond donors (Lipinski definition) is 1. The first-order valence-electron chi connectivity index (χ1n) is 9.62. The maximum Gasteiger partial charge on any atom is 0.325 e. The van der Waals surface area contributed by atoms with Crippen LogP contribution in [0.3, 0.4) is 0 Å². The molecule has 3 aromatic carbocycles. The average molecular weight is 386 g/mol. The summed E-state index contributed by atoms with van der Waals surface area (Å²) in [7, 11) is 0. The maximum atomic E-state index is 13.7. The topological polar surface area (TPSA) is 58.6 Å². The van der Waals surface area contributed by atoms with Crippen molar-refractivity contribution in [2.45, 2.75) is 19.0 Å². The molecule has 0 unspecified atom stereocenters. The van der Waals surface area contributed by atoms with Crippen LogP contribution >= 0.6 is 0 Å². The SMILES string of the molecule is CCOc1ccccc1CN1C(=O)NC(c2ccccc2)(c2ccccc2)C1=O. The summed E-state index contributed by atoms with van der Waals surface area (Å²) < 4.78 is 5.67. The van der Waals surface area contributed by atoms with Crippen molar-refractivity contribution in [2.24, 2.45) is 0 Å². The fourth-order valence-electron chi connectivity index (χ4n) is 3.75. The van der Waals surface area contributed by atoms with E-state index in [4.69, 9.17) is 4.74 Å². The molecule has 0 bridgehead atoms. The maximum absolute atomic E-state index is 13.7. The van der Waals surface area contributed by atoms with Crippen LogP contribution in [-0.4, -0.2) is 23.4 Å². The van der Waals surface area contributed by atoms with Gasteiger partial charge in [0.15, 0.2) is 5.54 Å². The molecule has 3 aromatic rings. The molecule has 0 atom stereocenters. The number of hydrogen-bond acceptors (Lipinski definition) is 3. The van der Waals surface area contributed by atoms with Crippen LogP contribution < -0.4 is 10.1 Å². The van der Waals surface area contributed by atoms with Crippen molar-refractivity contribution in [2.75, 3.05) is 6.61 Å². The lowest BCUT2D eigenvalue weighted by Crippen LogP contribution is -2.45. The number of nitrogens with zero attached hydrogens (tertiary/aromatic N) is 1. The Hall–Kier alpha value is -3.60. The van der Waals surface area contributed by atoms with Crippen LogP contribution in [0.15, 0.2) is 84.9 Å². The number of benzene rings is 3. The smallest absolute Gasteiger partial charge is 0.325 e. The summed E-state index contributed by atoms with van der Waals surface area (Å²) in [6, 6.07) is 25.7. The van der Waals surface area contributed by atoms with Crippen molar-refractivity contribution in [3.05, 3.63) is 102 Å². The zero-order chi connectivity index (χ0) is 20.3. The number of ether oxygens (including phenoxy) is 1. The molecule has 4 rings (SSSR count). The summed E-state index contributed by atoms with van der Waals surface area (Å²) >= 11 is 0. The molecule has 5 nitrogen and oxygen atoms in total. The second-order valence-corrected chi connectivity index (χ2v) is 6.84. The largest absolute Gasteiger partial charge is 0.494 e. The molecular weight excluding hydrogens is 364 g/mol. The van der Waals surface area contributed by atoms with E-state index >= 15 is 0 Å². The Balaban J connectivity index is 1.77. The van der Waals surface area contributed by atoms with E-state index in [9.17, 15) is 9.59 Å². The van der Waals surface area contributed by atoms with Gasteiger partial charge in [0.05, 0.1) is 13.2 Å². The number of nitrogens with one attached hydrogen (secondary N) is 1. The number of para-hydroxylation sites is 1. The van der Waals surface area contributed by atoms with Gasteiger partial charge < -0.3 is 10.1 Å². The normalized spacial score (nSPS) is 15.3. The van der Waals surface area contributed by atoms with Gasteiger partial charge in [0, 0.05) is 5.56 Å². The van der Waals surface area contributed by atoms with E-state index in [-0.39, 0.29) is 12.5 Å². The lowest BCUT2D eigenvalue weighted by Gasteiger charge is -2.28. The Labute approximate surface area is 169 Å². The van der Waals surface area contributed by atoms with Crippen molar-refractivity contribution < 1.29 is 14.3 Å². The fourth-order valence-corrected chi connectivity index (χ4v) is 3.75. The first-order valence-corrected chi connectivity index (χ1v) is 9.62. The molecule has 3 amide bonds. The Kier molecular flexibility index (Phi) is 5.04. The van der Waals surface area contributed by atoms with E-state index in [2.05, 4.69) is 5.32 Å². The number of rotatable bonds is 6. The summed E-state index contributed by atoms with van der Waals surface area (Å²) in [5.74, 6) is 0.374. The van der Waals surface area contributed by atoms with Crippen LogP contribution in [-0.2, 0) is 16.9 Å². The van der Waals surface area contributed by atoms with Crippen molar-refractivity contribution >= 4 is 11.9 Å². The third-order valence-electron chi connectivity index (χ3n) is 5.12. The molecule has 1 aliphatic heterocycles. The van der Waals surface area contributed by atoms with Gasteiger partial charge in [-0.25, -0.2) is 4.79 Å². The molecule has 1 aliphatic rings. The van der Waals surface area contributed by atoms with Crippen molar-refractivity contribution in [3.63, 3.8) is 0 Å². The molecule has 0 aromatic heterocycles. The second-order valence-electron chi connectivity index (χ2n) is 6.84. The van der Waals surface area contributed by atoms with Gasteiger partial charge in [-0.1, -0.05) is 78.9 Å². The number of amides is 3. The van der Waals surface area contributed by atoms with Crippen LogP contribution in [0, 0.1) is 0 Å². The minimum absolute atomic E-state index is 0.141. The Morgan fingerprint density at radius 1 is 0.828 bits per heavy atom. The van der Waals surface area contributed by atoms with Crippen molar-refractivity contribution in [1.82, 2.24) is 10.2 Å². The highest BCUT2D eigenvalue weighted by atomic mass is 16.5. The average Bonchev–Trinajstić information content (AvgIpc) is 3.02. The number of carbonyl (C=O) groups is 2. The van der Waals surface area contributed by atoms with Crippen LogP contribution in [0.25, 0.3) is 0 Å². The molecule has 1 saturated heterocycles. The third-order valence-corrected chi connectivity index (χ3v) is 5.12. The van der Waals surface area contributed by atoms with E-state index in [0.717, 1.165) is 16.7 Å². The van der Waals surface area contributed by atoms with Gasteiger partial charge in [-0.05, 0) is 24.1 Å². The predicted molar refractivity (Wildman–Crippen MR) is 110 cm³/mol. The molecule has 1 fully saturated rings. The summed E-state index contributed by atoms with van der Waals surface area (Å²) in [6.45, 7) is 2.55. The standard InChI is InChI=1S/C24H22N2O3/c1-2-29-21-16-10-9-11-18(21)17-26-22(27)24(25-23(26)28,19-12-5-3-6-13-19)20-14-7-4-8-15-20/h3-16H,2,17H2,1H3,(H,25,28). The monoisotopic (exact) mass is 386 g/mol. The molecule has 146 valence electrons. The van der Waals surface area contributed by atoms with Gasteiger partial charge in [-0.3, -0.25) is 9.69 Å². The fraction of sp³-hybridized carbons (Fsp3) is 0.167. The first kappa shape index (κ1) is 18.7. The molecule has 0 spiro atoms. The summed E-state index contributed by atoms with van der Waals surface area (Å²) in [6.07, 6.45) is 0. The lowest BCUT2D eigenvalue weighted by molar-refractivity contribution is -0.130. The van der Waals surface area contributed by atoms with E-state index in [1.807, 2.05) is 91.9 Å². The zero-order valence-electron chi connectivity index (χ0n) is 16.2. The molecular formula is C24H22N2O3. The van der Waals surface area contributed by atoms with Gasteiger partial charge in [0.1, 0.15) is 5.75 Å². The van der Waals surface area contributed by atoms with E-state index in [0.29, 0.717) is 12.4 Å². The Morgan fingerprint density at radius 3 is 1.97 bits per heavy atom. The zero-order valence-corrected chi connectivity index (χ0v) is 16.2. The van der Waals surface area contributed by atoms with Gasteiger partial charge in [-0.15, -0.1) is 0 Å². The molecule has 0 radical (unpaired) electrons. The van der Waals surface area contributed by atoms with Gasteiger partial charge in [0.2, 0.25) is 0 Å². The van der Waals surface area contributed by atoms with E-state index in [1.54, 1.807) is 0 Å². The molecule has 1 N–H and O–H groups in total. The number of carbonyl (C=O) groups excluding carboxylic acids is 2. The third kappa shape index (κ3) is 3.25. The Bertz CT molecular complexity index is 979. The van der Waals surface area contributed by atoms with Crippen LogP contribution in [0.1, 0.15) is 23.6 Å². The summed E-state index contributed by atoms with van der Waals surface area (Å²) in [5, 5.41) is 2.97. The highest BCUT2D eigenvalue weighted by Gasteiger charge is 2.53. The Morgan fingerprint density at radius 2 is 1.38 bits per heavy atom. The van der Waals surface area contributed by atoms with Crippen LogP contribution in [0.5, 0.6) is 5.75 Å². The highest BCUT2D eigenvalue weighted by Crippen LogP contribution is 2.37. The minimum Gasteiger partial charge on any atom is -0.494 e. The first-order chi connectivity index (χ1) is 14.2. The van der Waals surface area contributed by atoms with E-state index in [1.165, 1.54) is 4.90 Å². The summed E-state index contributed by atoms with van der Waals surface area (Å²) in [5.41, 5.74) is 0.991. The molecule has 0 aliphatic carbocycles. The predicted octanol–water partition coefficient (Wildman–Crippen LogP) is 4.08. The van der Waals surface area contributed by atoms with Crippen molar-refractivity contribution in [3.8, 4) is 5.75 Å². The van der Waals surface area contributed by atoms with Gasteiger partial charge in [0.25, 0.3) is 5.91 Å². The second kappa shape index (κ2) is 7.80. The lowest BCUT2D eigenvalue weighted by atomic mass is 9.82. The summed E-state index contributed by atoms with van der Waals surface area (Å²) in [4.78, 5) is 27.9. The minimum atomic E-state index is -1.25. The highest BCUT2D eigenvalue weighted by molar-refractivity contribution is 6.09. The van der Waals surface area contributed by atoms with Crippen molar-refractivity contribution in [1.29, 1.82) is 0 Å². The van der Waals surface area contributed by atoms with Gasteiger partial charge >= 0.3 is 6.03 Å². The van der Waals surface area contributed by atoms with Gasteiger partial charge in [-0.2, -0.15) is 0 Å². The van der Waals surface area contributed by atoms with Crippen LogP contribution in [0.2, 0.25) is 0 Å². The molecule has 29 heavy (non-hydrogen) atoms. The molecule has 0 saturated carbocycles.